The third-order valence-corrected chi connectivity index (χ3v) is 7.08. The number of ether oxygens (including phenoxy) is 3. The Morgan fingerprint density at radius 3 is 2.70 bits per heavy atom. The minimum Gasteiger partial charge on any atom is -0.483 e. The summed E-state index contributed by atoms with van der Waals surface area (Å²) in [6.07, 6.45) is 0.126. The number of nitrogens with zero attached hydrogens (tertiary/aromatic N) is 1. The Labute approximate surface area is 177 Å². The maximum atomic E-state index is 12.7. The van der Waals surface area contributed by atoms with Crippen LogP contribution in [0.5, 0.6) is 11.5 Å². The van der Waals surface area contributed by atoms with Crippen LogP contribution < -0.4 is 9.47 Å². The van der Waals surface area contributed by atoms with Gasteiger partial charge < -0.3 is 19.1 Å². The average molecular weight is 440 g/mol. The van der Waals surface area contributed by atoms with Crippen molar-refractivity contribution in [2.45, 2.75) is 58.3 Å². The second kappa shape index (κ2) is 8.45. The molecule has 0 spiro atoms. The van der Waals surface area contributed by atoms with Gasteiger partial charge in [0.25, 0.3) is 5.91 Å². The zero-order chi connectivity index (χ0) is 22.1. The fourth-order valence-electron chi connectivity index (χ4n) is 3.97. The number of hydrogen-bond donors (Lipinski definition) is 0. The highest BCUT2D eigenvalue weighted by molar-refractivity contribution is 7.91. The third kappa shape index (κ3) is 5.06. The molecule has 1 aromatic rings. The summed E-state index contributed by atoms with van der Waals surface area (Å²) in [7, 11) is -3.12. The van der Waals surface area contributed by atoms with Crippen LogP contribution in [-0.2, 0) is 30.6 Å². The van der Waals surface area contributed by atoms with Crippen LogP contribution in [0, 0.1) is 0 Å². The summed E-state index contributed by atoms with van der Waals surface area (Å²) >= 11 is 0. The van der Waals surface area contributed by atoms with E-state index in [4.69, 9.17) is 14.2 Å². The van der Waals surface area contributed by atoms with Crippen LogP contribution in [0.3, 0.4) is 0 Å². The molecular weight excluding hydrogens is 410 g/mol. The third-order valence-electron chi connectivity index (χ3n) is 5.33. The summed E-state index contributed by atoms with van der Waals surface area (Å²) < 4.78 is 40.2. The van der Waals surface area contributed by atoms with Crippen molar-refractivity contribution in [3.8, 4) is 11.5 Å². The first-order valence-electron chi connectivity index (χ1n) is 10.2. The normalized spacial score (nSPS) is 21.9. The molecule has 3 rings (SSSR count). The summed E-state index contributed by atoms with van der Waals surface area (Å²) in [6, 6.07) is 5.14. The first kappa shape index (κ1) is 22.4. The highest BCUT2D eigenvalue weighted by Crippen LogP contribution is 2.41. The summed E-state index contributed by atoms with van der Waals surface area (Å²) in [5.74, 6) is 0.0223. The van der Waals surface area contributed by atoms with E-state index in [-0.39, 0.29) is 29.8 Å². The van der Waals surface area contributed by atoms with Crippen LogP contribution in [0.2, 0.25) is 0 Å². The molecule has 9 heteroatoms. The van der Waals surface area contributed by atoms with Gasteiger partial charge in [0, 0.05) is 24.6 Å². The molecule has 166 valence electrons. The van der Waals surface area contributed by atoms with E-state index in [9.17, 15) is 18.0 Å². The number of carbonyl (C=O) groups is 2. The van der Waals surface area contributed by atoms with Gasteiger partial charge in [-0.2, -0.15) is 0 Å². The number of hydrogen-bond acceptors (Lipinski definition) is 7. The predicted octanol–water partition coefficient (Wildman–Crippen LogP) is 1.75. The standard InChI is InChI=1S/C21H29NO7S/c1-5-22(16-9-10-30(25,26)13-16)20(24)14(2)28-18(23)12-27-17-8-6-7-15-11-21(3,4)29-19(15)17/h6-8,14,16H,5,9-13H2,1-4H3/t14-,16-/m1/s1. The molecular formula is C21H29NO7S. The van der Waals surface area contributed by atoms with Gasteiger partial charge in [-0.25, -0.2) is 13.2 Å². The van der Waals surface area contributed by atoms with Gasteiger partial charge in [0.05, 0.1) is 11.5 Å². The molecule has 8 nitrogen and oxygen atoms in total. The van der Waals surface area contributed by atoms with Crippen LogP contribution in [-0.4, -0.2) is 67.6 Å². The second-order valence-corrected chi connectivity index (χ2v) is 10.6. The SMILES string of the molecule is CCN(C(=O)[C@@H](C)OC(=O)COc1cccc2c1OC(C)(C)C2)[C@@H]1CCS(=O)(=O)C1. The number of rotatable bonds is 7. The maximum Gasteiger partial charge on any atom is 0.344 e. The molecule has 0 saturated carbocycles. The van der Waals surface area contributed by atoms with Crippen molar-refractivity contribution >= 4 is 21.7 Å². The van der Waals surface area contributed by atoms with E-state index >= 15 is 0 Å². The largest absolute Gasteiger partial charge is 0.483 e. The van der Waals surface area contributed by atoms with Crippen molar-refractivity contribution in [2.75, 3.05) is 24.7 Å². The Balaban J connectivity index is 1.55. The number of esters is 1. The number of likely N-dealkylation sites (N-methyl/N-ethyl adjacent to an activating group) is 1. The molecule has 1 aromatic carbocycles. The number of para-hydroxylation sites is 1. The lowest BCUT2D eigenvalue weighted by Crippen LogP contribution is -2.46. The van der Waals surface area contributed by atoms with Crippen molar-refractivity contribution < 1.29 is 32.2 Å². The molecule has 0 N–H and O–H groups in total. The van der Waals surface area contributed by atoms with Crippen molar-refractivity contribution in [1.82, 2.24) is 4.90 Å². The molecule has 0 aromatic heterocycles. The van der Waals surface area contributed by atoms with Crippen LogP contribution >= 0.6 is 0 Å². The lowest BCUT2D eigenvalue weighted by atomic mass is 10.0. The molecule has 2 aliphatic heterocycles. The molecule has 0 bridgehead atoms. The van der Waals surface area contributed by atoms with Crippen LogP contribution in [0.15, 0.2) is 18.2 Å². The molecule has 0 aliphatic carbocycles. The molecule has 2 aliphatic rings. The fourth-order valence-corrected chi connectivity index (χ4v) is 5.70. The van der Waals surface area contributed by atoms with E-state index in [2.05, 4.69) is 0 Å². The fraction of sp³-hybridized carbons (Fsp3) is 0.619. The average Bonchev–Trinajstić information content (AvgIpc) is 3.17. The van der Waals surface area contributed by atoms with Gasteiger partial charge in [0.1, 0.15) is 5.60 Å². The number of sulfone groups is 1. The summed E-state index contributed by atoms with van der Waals surface area (Å²) in [6.45, 7) is 7.21. The maximum absolute atomic E-state index is 12.7. The number of carbonyl (C=O) groups excluding carboxylic acids is 2. The van der Waals surface area contributed by atoms with E-state index in [0.717, 1.165) is 12.0 Å². The molecule has 1 fully saturated rings. The summed E-state index contributed by atoms with van der Waals surface area (Å²) in [4.78, 5) is 26.4. The van der Waals surface area contributed by atoms with Gasteiger partial charge in [-0.3, -0.25) is 4.79 Å². The van der Waals surface area contributed by atoms with E-state index in [1.165, 1.54) is 11.8 Å². The first-order valence-corrected chi connectivity index (χ1v) is 12.0. The quantitative estimate of drug-likeness (QED) is 0.597. The van der Waals surface area contributed by atoms with Crippen LogP contribution in [0.1, 0.15) is 39.7 Å². The van der Waals surface area contributed by atoms with Crippen molar-refractivity contribution in [2.24, 2.45) is 0 Å². The highest BCUT2D eigenvalue weighted by atomic mass is 32.2. The molecule has 0 unspecified atom stereocenters. The summed E-state index contributed by atoms with van der Waals surface area (Å²) in [5, 5.41) is 0. The molecule has 1 amide bonds. The lowest BCUT2D eigenvalue weighted by molar-refractivity contribution is -0.161. The molecule has 2 atom stereocenters. The van der Waals surface area contributed by atoms with Gasteiger partial charge in [0.15, 0.2) is 34.0 Å². The Kier molecular flexibility index (Phi) is 6.31. The Morgan fingerprint density at radius 2 is 2.07 bits per heavy atom. The summed E-state index contributed by atoms with van der Waals surface area (Å²) in [5.41, 5.74) is 0.681. The molecule has 0 radical (unpaired) electrons. The van der Waals surface area contributed by atoms with Gasteiger partial charge in [-0.05, 0) is 40.2 Å². The Morgan fingerprint density at radius 1 is 1.33 bits per heavy atom. The van der Waals surface area contributed by atoms with E-state index in [1.807, 2.05) is 26.0 Å². The number of benzene rings is 1. The van der Waals surface area contributed by atoms with Gasteiger partial charge in [0.2, 0.25) is 0 Å². The Bertz CT molecular complexity index is 925. The van der Waals surface area contributed by atoms with E-state index in [0.29, 0.717) is 24.5 Å². The molecule has 1 saturated heterocycles. The molecule has 30 heavy (non-hydrogen) atoms. The smallest absolute Gasteiger partial charge is 0.344 e. The van der Waals surface area contributed by atoms with Crippen molar-refractivity contribution in [3.05, 3.63) is 23.8 Å². The van der Waals surface area contributed by atoms with Crippen molar-refractivity contribution in [1.29, 1.82) is 0 Å². The monoisotopic (exact) mass is 439 g/mol. The topological polar surface area (TPSA) is 99.2 Å². The predicted molar refractivity (Wildman–Crippen MR) is 110 cm³/mol. The second-order valence-electron chi connectivity index (χ2n) is 8.38. The molecule has 2 heterocycles. The highest BCUT2D eigenvalue weighted by Gasteiger charge is 2.36. The number of amides is 1. The van der Waals surface area contributed by atoms with Gasteiger partial charge in [-0.15, -0.1) is 0 Å². The van der Waals surface area contributed by atoms with E-state index in [1.54, 1.807) is 13.0 Å². The van der Waals surface area contributed by atoms with Crippen LogP contribution in [0.4, 0.5) is 0 Å². The minimum absolute atomic E-state index is 0.0498. The number of fused-ring (bicyclic) bond motifs is 1. The van der Waals surface area contributed by atoms with Gasteiger partial charge >= 0.3 is 5.97 Å². The zero-order valence-corrected chi connectivity index (χ0v) is 18.7. The first-order chi connectivity index (χ1) is 14.0. The minimum atomic E-state index is -3.12. The van der Waals surface area contributed by atoms with Crippen molar-refractivity contribution in [3.63, 3.8) is 0 Å². The Hall–Kier alpha value is -2.29. The lowest BCUT2D eigenvalue weighted by Gasteiger charge is -2.29. The van der Waals surface area contributed by atoms with Gasteiger partial charge in [-0.1, -0.05) is 12.1 Å². The van der Waals surface area contributed by atoms with E-state index < -0.39 is 27.8 Å². The van der Waals surface area contributed by atoms with Crippen LogP contribution in [0.25, 0.3) is 0 Å². The zero-order valence-electron chi connectivity index (χ0n) is 17.8.